The average molecular weight is 455 g/mol. The van der Waals surface area contributed by atoms with E-state index in [1.807, 2.05) is 0 Å². The molecule has 2 aromatic heterocycles. The minimum absolute atomic E-state index is 0.0267. The lowest BCUT2D eigenvalue weighted by molar-refractivity contribution is -0.115. The number of nitrogens with one attached hydrogen (secondary N) is 2. The van der Waals surface area contributed by atoms with Gasteiger partial charge in [0.1, 0.15) is 11.5 Å². The molecule has 4 N–H and O–H groups in total. The molecule has 0 spiro atoms. The van der Waals surface area contributed by atoms with E-state index in [1.54, 1.807) is 24.3 Å². The van der Waals surface area contributed by atoms with Crippen LogP contribution in [0.15, 0.2) is 55.9 Å². The fourth-order valence-electron chi connectivity index (χ4n) is 2.21. The van der Waals surface area contributed by atoms with Crippen molar-refractivity contribution >= 4 is 44.8 Å². The molecule has 0 aliphatic carbocycles. The second-order valence-electron chi connectivity index (χ2n) is 5.76. The smallest absolute Gasteiger partial charge is 0.269 e. The Hall–Kier alpha value is -2.86. The quantitative estimate of drug-likeness (QED) is 0.118. The molecule has 0 saturated carbocycles. The first-order valence-electron chi connectivity index (χ1n) is 8.91. The summed E-state index contributed by atoms with van der Waals surface area (Å²) in [6.45, 7) is 0.787. The van der Waals surface area contributed by atoms with Crippen LogP contribution in [-0.4, -0.2) is 58.2 Å². The summed E-state index contributed by atoms with van der Waals surface area (Å²) in [6.07, 6.45) is 3.18. The molecule has 162 valence electrons. The summed E-state index contributed by atoms with van der Waals surface area (Å²) in [5, 5.41) is 29.3. The summed E-state index contributed by atoms with van der Waals surface area (Å²) < 4.78 is 10.3. The van der Waals surface area contributed by atoms with Gasteiger partial charge in [-0.15, -0.1) is 0 Å². The van der Waals surface area contributed by atoms with Crippen LogP contribution in [-0.2, 0) is 22.4 Å². The first kappa shape index (κ1) is 23.4. The van der Waals surface area contributed by atoms with Gasteiger partial charge >= 0.3 is 0 Å². The molecular formula is C18H22N4O6S2. The Labute approximate surface area is 180 Å². The molecule has 0 unspecified atom stereocenters. The van der Waals surface area contributed by atoms with Crippen molar-refractivity contribution in [3.05, 3.63) is 48.3 Å². The van der Waals surface area contributed by atoms with Gasteiger partial charge in [-0.2, -0.15) is 0 Å². The largest absolute Gasteiger partial charge is 0.469 e. The molecule has 0 radical (unpaired) electrons. The second kappa shape index (κ2) is 13.4. The van der Waals surface area contributed by atoms with Gasteiger partial charge < -0.3 is 29.9 Å². The molecule has 2 rings (SSSR count). The molecule has 0 atom stereocenters. The summed E-state index contributed by atoms with van der Waals surface area (Å²) in [5.41, 5.74) is -0.0533. The number of hydrogen-bond acceptors (Lipinski definition) is 10. The highest BCUT2D eigenvalue weighted by molar-refractivity contribution is 8.76. The van der Waals surface area contributed by atoms with Crippen LogP contribution in [0.5, 0.6) is 0 Å². The molecule has 0 bridgehead atoms. The van der Waals surface area contributed by atoms with Gasteiger partial charge in [0.05, 0.1) is 25.4 Å². The van der Waals surface area contributed by atoms with E-state index in [0.29, 0.717) is 36.1 Å². The van der Waals surface area contributed by atoms with Gasteiger partial charge in [0, 0.05) is 24.6 Å². The van der Waals surface area contributed by atoms with Crippen LogP contribution >= 0.6 is 21.6 Å². The lowest BCUT2D eigenvalue weighted by Crippen LogP contribution is -2.34. The average Bonchev–Trinajstić information content (AvgIpc) is 3.45. The van der Waals surface area contributed by atoms with Crippen LogP contribution < -0.4 is 10.6 Å². The zero-order valence-corrected chi connectivity index (χ0v) is 17.6. The van der Waals surface area contributed by atoms with Crippen molar-refractivity contribution in [2.75, 3.05) is 24.6 Å². The van der Waals surface area contributed by atoms with Crippen LogP contribution in [0, 0.1) is 0 Å². The summed E-state index contributed by atoms with van der Waals surface area (Å²) in [4.78, 5) is 23.9. The molecule has 2 aromatic rings. The van der Waals surface area contributed by atoms with E-state index < -0.39 is 11.8 Å². The zero-order chi connectivity index (χ0) is 21.6. The third-order valence-electron chi connectivity index (χ3n) is 3.63. The number of carbonyl (C=O) groups is 2. The number of carbonyl (C=O) groups excluding carboxylic acids is 2. The van der Waals surface area contributed by atoms with Crippen molar-refractivity contribution in [3.8, 4) is 0 Å². The highest BCUT2D eigenvalue weighted by Gasteiger charge is 2.15. The predicted octanol–water partition coefficient (Wildman–Crippen LogP) is 1.93. The third kappa shape index (κ3) is 8.25. The van der Waals surface area contributed by atoms with Gasteiger partial charge in [0.15, 0.2) is 11.4 Å². The van der Waals surface area contributed by atoms with E-state index in [4.69, 9.17) is 19.2 Å². The first-order valence-corrected chi connectivity index (χ1v) is 11.4. The van der Waals surface area contributed by atoms with Crippen molar-refractivity contribution in [2.45, 2.75) is 12.8 Å². The number of nitrogens with zero attached hydrogens (tertiary/aromatic N) is 2. The van der Waals surface area contributed by atoms with Crippen LogP contribution in [0.25, 0.3) is 0 Å². The summed E-state index contributed by atoms with van der Waals surface area (Å²) >= 11 is 0. The molecule has 0 aliphatic rings. The normalized spacial score (nSPS) is 12.0. The van der Waals surface area contributed by atoms with Crippen molar-refractivity contribution in [1.29, 1.82) is 0 Å². The maximum Gasteiger partial charge on any atom is 0.269 e. The Morgan fingerprint density at radius 1 is 0.833 bits per heavy atom. The Kier molecular flexibility index (Phi) is 10.4. The Bertz CT molecular complexity index is 767. The van der Waals surface area contributed by atoms with E-state index in [1.165, 1.54) is 34.1 Å². The zero-order valence-electron chi connectivity index (χ0n) is 15.9. The van der Waals surface area contributed by atoms with Gasteiger partial charge in [-0.1, -0.05) is 31.9 Å². The molecule has 0 aromatic carbocycles. The minimum Gasteiger partial charge on any atom is -0.469 e. The number of amides is 2. The number of furan rings is 2. The Balaban J connectivity index is 1.53. The number of rotatable bonds is 13. The van der Waals surface area contributed by atoms with Gasteiger partial charge in [0.25, 0.3) is 11.8 Å². The topological polar surface area (TPSA) is 150 Å². The number of hydrogen-bond donors (Lipinski definition) is 4. The Morgan fingerprint density at radius 3 is 1.60 bits per heavy atom. The van der Waals surface area contributed by atoms with Gasteiger partial charge in [-0.25, -0.2) is 0 Å². The summed E-state index contributed by atoms with van der Waals surface area (Å²) in [6, 6.07) is 6.76. The fourth-order valence-corrected chi connectivity index (χ4v) is 4.03. The number of oxime groups is 2. The highest BCUT2D eigenvalue weighted by Crippen LogP contribution is 2.19. The molecule has 2 amide bonds. The van der Waals surface area contributed by atoms with Crippen LogP contribution in [0.1, 0.15) is 11.5 Å². The van der Waals surface area contributed by atoms with Crippen LogP contribution in [0.3, 0.4) is 0 Å². The highest BCUT2D eigenvalue weighted by atomic mass is 33.1. The summed E-state index contributed by atoms with van der Waals surface area (Å²) in [7, 11) is 3.05. The second-order valence-corrected chi connectivity index (χ2v) is 8.46. The minimum atomic E-state index is -0.459. The lowest BCUT2D eigenvalue weighted by Gasteiger charge is -2.07. The maximum atomic E-state index is 12.0. The predicted molar refractivity (Wildman–Crippen MR) is 114 cm³/mol. The van der Waals surface area contributed by atoms with Crippen molar-refractivity contribution in [2.24, 2.45) is 10.3 Å². The molecule has 0 saturated heterocycles. The Morgan fingerprint density at radius 2 is 1.27 bits per heavy atom. The maximum absolute atomic E-state index is 12.0. The molecule has 0 fully saturated rings. The van der Waals surface area contributed by atoms with E-state index in [9.17, 15) is 9.59 Å². The molecule has 12 heteroatoms. The van der Waals surface area contributed by atoms with Crippen molar-refractivity contribution < 1.29 is 28.8 Å². The SMILES string of the molecule is O=C(NCCSSCCNC(=O)/C(Cc1ccco1)=N/O)/C(Cc1ccco1)=N/O. The molecule has 10 nitrogen and oxygen atoms in total. The monoisotopic (exact) mass is 454 g/mol. The van der Waals surface area contributed by atoms with E-state index in [-0.39, 0.29) is 24.3 Å². The van der Waals surface area contributed by atoms with Crippen molar-refractivity contribution in [3.63, 3.8) is 0 Å². The molecule has 0 aliphatic heterocycles. The van der Waals surface area contributed by atoms with E-state index >= 15 is 0 Å². The molecule has 2 heterocycles. The molecular weight excluding hydrogens is 432 g/mol. The van der Waals surface area contributed by atoms with Crippen LogP contribution in [0.4, 0.5) is 0 Å². The van der Waals surface area contributed by atoms with Crippen molar-refractivity contribution in [1.82, 2.24) is 10.6 Å². The summed E-state index contributed by atoms with van der Waals surface area (Å²) in [5.74, 6) is 1.40. The first-order chi connectivity index (χ1) is 14.6. The fraction of sp³-hybridized carbons (Fsp3) is 0.333. The van der Waals surface area contributed by atoms with E-state index in [0.717, 1.165) is 0 Å². The van der Waals surface area contributed by atoms with Gasteiger partial charge in [0.2, 0.25) is 0 Å². The van der Waals surface area contributed by atoms with Gasteiger partial charge in [-0.3, -0.25) is 9.59 Å². The molecule has 30 heavy (non-hydrogen) atoms. The lowest BCUT2D eigenvalue weighted by atomic mass is 10.2. The third-order valence-corrected chi connectivity index (χ3v) is 6.04. The van der Waals surface area contributed by atoms with E-state index in [2.05, 4.69) is 20.9 Å². The standard InChI is InChI=1S/C18H22N4O6S2/c23-17(15(21-25)11-13-3-1-7-27-13)19-5-9-29-30-10-6-20-18(24)16(22-26)12-14-4-2-8-28-14/h1-4,7-8,25-26H,5-6,9-12H2,(H,19,23)(H,20,24)/b21-15+,22-16+. The van der Waals surface area contributed by atoms with Crippen LogP contribution in [0.2, 0.25) is 0 Å². The van der Waals surface area contributed by atoms with Gasteiger partial charge in [-0.05, 0) is 24.3 Å².